The lowest BCUT2D eigenvalue weighted by molar-refractivity contribution is 0.587. The summed E-state index contributed by atoms with van der Waals surface area (Å²) in [4.78, 5) is 0. The van der Waals surface area contributed by atoms with Gasteiger partial charge in [-0.25, -0.2) is 8.78 Å². The van der Waals surface area contributed by atoms with Gasteiger partial charge in [0.15, 0.2) is 0 Å². The minimum atomic E-state index is -0.797. The summed E-state index contributed by atoms with van der Waals surface area (Å²) in [5.74, 6) is -1.52. The molecule has 64 valence electrons. The Bertz CT molecular complexity index is 413. The van der Waals surface area contributed by atoms with Crippen LogP contribution in [0.15, 0.2) is 12.1 Å². The van der Waals surface area contributed by atoms with Crippen LogP contribution in [-0.2, 0) is 6.42 Å². The smallest absolute Gasteiger partial charge is 0.141 e. The van der Waals surface area contributed by atoms with Gasteiger partial charge < -0.3 is 0 Å². The second-order valence-electron chi connectivity index (χ2n) is 2.37. The molecule has 0 fully saturated rings. The number of rotatable bonds is 1. The first-order chi connectivity index (χ1) is 6.19. The van der Waals surface area contributed by atoms with Crippen molar-refractivity contribution in [2.75, 3.05) is 0 Å². The number of benzene rings is 1. The molecule has 0 aliphatic rings. The lowest BCUT2D eigenvalue weighted by Crippen LogP contribution is -1.93. The summed E-state index contributed by atoms with van der Waals surface area (Å²) in [6.45, 7) is 0. The Morgan fingerprint density at radius 3 is 2.38 bits per heavy atom. The van der Waals surface area contributed by atoms with Crippen molar-refractivity contribution in [1.29, 1.82) is 10.5 Å². The molecule has 13 heavy (non-hydrogen) atoms. The van der Waals surface area contributed by atoms with Crippen molar-refractivity contribution in [3.63, 3.8) is 0 Å². The highest BCUT2D eigenvalue weighted by Crippen LogP contribution is 2.14. The maximum atomic E-state index is 12.9. The first-order valence-electron chi connectivity index (χ1n) is 3.44. The van der Waals surface area contributed by atoms with Crippen LogP contribution in [0.3, 0.4) is 0 Å². The Kier molecular flexibility index (Phi) is 2.56. The quantitative estimate of drug-likeness (QED) is 0.659. The SMILES string of the molecule is N#CCc1cc(F)c(C#N)cc1F. The minimum absolute atomic E-state index is 0.0287. The number of hydrogen-bond acceptors (Lipinski definition) is 2. The van der Waals surface area contributed by atoms with E-state index < -0.39 is 11.6 Å². The number of hydrogen-bond donors (Lipinski definition) is 0. The van der Waals surface area contributed by atoms with E-state index in [9.17, 15) is 8.78 Å². The fourth-order valence-electron chi connectivity index (χ4n) is 0.894. The van der Waals surface area contributed by atoms with Crippen LogP contribution >= 0.6 is 0 Å². The third-order valence-corrected chi connectivity index (χ3v) is 1.53. The zero-order chi connectivity index (χ0) is 9.84. The van der Waals surface area contributed by atoms with Crippen molar-refractivity contribution < 1.29 is 8.78 Å². The summed E-state index contributed by atoms with van der Waals surface area (Å²) in [7, 11) is 0. The normalized spacial score (nSPS) is 8.92. The fourth-order valence-corrected chi connectivity index (χ4v) is 0.894. The van der Waals surface area contributed by atoms with Gasteiger partial charge in [0.25, 0.3) is 0 Å². The molecule has 0 spiro atoms. The van der Waals surface area contributed by atoms with Gasteiger partial charge in [-0.05, 0) is 12.1 Å². The molecule has 2 nitrogen and oxygen atoms in total. The number of nitrogens with zero attached hydrogens (tertiary/aromatic N) is 2. The zero-order valence-electron chi connectivity index (χ0n) is 6.51. The van der Waals surface area contributed by atoms with Crippen LogP contribution in [0.5, 0.6) is 0 Å². The van der Waals surface area contributed by atoms with Gasteiger partial charge >= 0.3 is 0 Å². The topological polar surface area (TPSA) is 47.6 Å². The van der Waals surface area contributed by atoms with Crippen LogP contribution in [0, 0.1) is 34.3 Å². The van der Waals surface area contributed by atoms with Gasteiger partial charge in [0, 0.05) is 5.56 Å². The van der Waals surface area contributed by atoms with Gasteiger partial charge in [0.2, 0.25) is 0 Å². The van der Waals surface area contributed by atoms with E-state index >= 15 is 0 Å². The maximum Gasteiger partial charge on any atom is 0.141 e. The van der Waals surface area contributed by atoms with Crippen molar-refractivity contribution in [1.82, 2.24) is 0 Å². The van der Waals surface area contributed by atoms with E-state index in [-0.39, 0.29) is 17.5 Å². The molecule has 0 N–H and O–H groups in total. The summed E-state index contributed by atoms with van der Waals surface area (Å²) < 4.78 is 25.8. The molecule has 1 aromatic rings. The van der Waals surface area contributed by atoms with Crippen molar-refractivity contribution in [3.05, 3.63) is 34.9 Å². The van der Waals surface area contributed by atoms with Gasteiger partial charge in [0.05, 0.1) is 18.1 Å². The monoisotopic (exact) mass is 178 g/mol. The predicted molar refractivity (Wildman–Crippen MR) is 40.4 cm³/mol. The van der Waals surface area contributed by atoms with Gasteiger partial charge in [-0.3, -0.25) is 0 Å². The van der Waals surface area contributed by atoms with Gasteiger partial charge in [-0.2, -0.15) is 10.5 Å². The zero-order valence-corrected chi connectivity index (χ0v) is 6.51. The van der Waals surface area contributed by atoms with Crippen LogP contribution in [-0.4, -0.2) is 0 Å². The van der Waals surface area contributed by atoms with E-state index in [1.165, 1.54) is 6.07 Å². The molecule has 0 aliphatic heterocycles. The van der Waals surface area contributed by atoms with Crippen molar-refractivity contribution in [3.8, 4) is 12.1 Å². The van der Waals surface area contributed by atoms with Crippen molar-refractivity contribution >= 4 is 0 Å². The highest BCUT2D eigenvalue weighted by atomic mass is 19.1. The molecular formula is C9H4F2N2. The molecule has 0 amide bonds. The van der Waals surface area contributed by atoms with Crippen LogP contribution < -0.4 is 0 Å². The van der Waals surface area contributed by atoms with Crippen LogP contribution in [0.2, 0.25) is 0 Å². The summed E-state index contributed by atoms with van der Waals surface area (Å²) >= 11 is 0. The average Bonchev–Trinajstić information content (AvgIpc) is 2.11. The van der Waals surface area contributed by atoms with E-state index in [1.807, 2.05) is 0 Å². The van der Waals surface area contributed by atoms with Crippen molar-refractivity contribution in [2.45, 2.75) is 6.42 Å². The molecule has 0 saturated heterocycles. The Hall–Kier alpha value is -1.94. The summed E-state index contributed by atoms with van der Waals surface area (Å²) in [5, 5.41) is 16.6. The molecule has 4 heteroatoms. The fraction of sp³-hybridized carbons (Fsp3) is 0.111. The van der Waals surface area contributed by atoms with Crippen molar-refractivity contribution in [2.24, 2.45) is 0 Å². The van der Waals surface area contributed by atoms with Crippen LogP contribution in [0.1, 0.15) is 11.1 Å². The van der Waals surface area contributed by atoms with E-state index in [1.54, 1.807) is 6.07 Å². The van der Waals surface area contributed by atoms with E-state index in [2.05, 4.69) is 0 Å². The van der Waals surface area contributed by atoms with Crippen LogP contribution in [0.4, 0.5) is 8.78 Å². The Balaban J connectivity index is 3.24. The molecule has 0 saturated carbocycles. The van der Waals surface area contributed by atoms with Crippen LogP contribution in [0.25, 0.3) is 0 Å². The maximum absolute atomic E-state index is 12.9. The standard InChI is InChI=1S/C9H4F2N2/c10-8-4-7(5-13)9(11)3-6(8)1-2-12/h3-4H,1H2. The van der Waals surface area contributed by atoms with Gasteiger partial charge in [-0.15, -0.1) is 0 Å². The molecule has 0 bridgehead atoms. The Morgan fingerprint density at radius 2 is 1.85 bits per heavy atom. The molecule has 0 atom stereocenters. The first kappa shape index (κ1) is 9.15. The molecule has 1 rings (SSSR count). The predicted octanol–water partition coefficient (Wildman–Crippen LogP) is 1.90. The molecule has 0 unspecified atom stereocenters. The largest absolute Gasteiger partial charge is 0.207 e. The Labute approximate surface area is 73.6 Å². The first-order valence-corrected chi connectivity index (χ1v) is 3.44. The molecule has 0 aromatic heterocycles. The summed E-state index contributed by atoms with van der Waals surface area (Å²) in [6.07, 6.45) is -0.200. The number of nitriles is 2. The minimum Gasteiger partial charge on any atom is -0.207 e. The van der Waals surface area contributed by atoms with E-state index in [0.29, 0.717) is 0 Å². The highest BCUT2D eigenvalue weighted by molar-refractivity contribution is 5.35. The second kappa shape index (κ2) is 3.64. The summed E-state index contributed by atoms with van der Waals surface area (Å²) in [5.41, 5.74) is -0.377. The molecule has 0 radical (unpaired) electrons. The highest BCUT2D eigenvalue weighted by Gasteiger charge is 2.08. The lowest BCUT2D eigenvalue weighted by atomic mass is 10.1. The lowest BCUT2D eigenvalue weighted by Gasteiger charge is -1.99. The van der Waals surface area contributed by atoms with E-state index in [4.69, 9.17) is 10.5 Å². The molecule has 1 aromatic carbocycles. The second-order valence-corrected chi connectivity index (χ2v) is 2.37. The van der Waals surface area contributed by atoms with Gasteiger partial charge in [0.1, 0.15) is 17.7 Å². The third kappa shape index (κ3) is 1.80. The molecule has 0 aliphatic carbocycles. The number of halogens is 2. The van der Waals surface area contributed by atoms with Gasteiger partial charge in [-0.1, -0.05) is 0 Å². The van der Waals surface area contributed by atoms with E-state index in [0.717, 1.165) is 12.1 Å². The average molecular weight is 178 g/mol. The Morgan fingerprint density at radius 1 is 1.15 bits per heavy atom. The molecular weight excluding hydrogens is 174 g/mol. The third-order valence-electron chi connectivity index (χ3n) is 1.53. The molecule has 0 heterocycles. The summed E-state index contributed by atoms with van der Waals surface area (Å²) in [6, 6.07) is 4.87.